The molecule has 10 heteroatoms. The third-order valence-corrected chi connectivity index (χ3v) is 4.85. The summed E-state index contributed by atoms with van der Waals surface area (Å²) in [5.41, 5.74) is 3.72. The average Bonchev–Trinajstić information content (AvgIpc) is 2.84. The molecule has 0 aromatic heterocycles. The first-order valence-corrected chi connectivity index (χ1v) is 10.6. The molecule has 3 aromatic rings. The van der Waals surface area contributed by atoms with Gasteiger partial charge in [-0.05, 0) is 54.4 Å². The number of methoxy groups -OCH3 is 1. The molecule has 3 aromatic carbocycles. The number of carbonyl (C=O) groups is 1. The van der Waals surface area contributed by atoms with Gasteiger partial charge in [0.2, 0.25) is 0 Å². The van der Waals surface area contributed by atoms with Crippen molar-refractivity contribution in [3.05, 3.63) is 92.5 Å². The second-order valence-electron chi connectivity index (χ2n) is 6.90. The summed E-state index contributed by atoms with van der Waals surface area (Å²) in [4.78, 5) is 22.9. The van der Waals surface area contributed by atoms with Crippen molar-refractivity contribution in [3.63, 3.8) is 0 Å². The minimum atomic E-state index is -0.648. The zero-order valence-electron chi connectivity index (χ0n) is 18.5. The van der Waals surface area contributed by atoms with Crippen molar-refractivity contribution < 1.29 is 23.9 Å². The minimum absolute atomic E-state index is 0.00481. The first-order valence-electron chi connectivity index (χ1n) is 10.2. The van der Waals surface area contributed by atoms with Gasteiger partial charge in [0.15, 0.2) is 11.5 Å². The first-order chi connectivity index (χ1) is 16.4. The van der Waals surface area contributed by atoms with E-state index in [9.17, 15) is 14.9 Å². The molecule has 34 heavy (non-hydrogen) atoms. The highest BCUT2D eigenvalue weighted by atomic mass is 35.5. The van der Waals surface area contributed by atoms with Gasteiger partial charge < -0.3 is 14.2 Å². The van der Waals surface area contributed by atoms with E-state index in [4.69, 9.17) is 25.8 Å². The van der Waals surface area contributed by atoms with Gasteiger partial charge in [-0.1, -0.05) is 23.7 Å². The Morgan fingerprint density at radius 2 is 1.79 bits per heavy atom. The minimum Gasteiger partial charge on any atom is -0.496 e. The fourth-order valence-electron chi connectivity index (χ4n) is 2.95. The predicted octanol–water partition coefficient (Wildman–Crippen LogP) is 5.00. The maximum atomic E-state index is 12.5. The van der Waals surface area contributed by atoms with Gasteiger partial charge in [0.05, 0.1) is 30.4 Å². The lowest BCUT2D eigenvalue weighted by Gasteiger charge is -2.12. The van der Waals surface area contributed by atoms with Crippen LogP contribution in [-0.2, 0) is 6.61 Å². The average molecular weight is 484 g/mol. The molecular formula is C24H22ClN3O6. The molecule has 0 aliphatic heterocycles. The molecule has 1 amide bonds. The molecule has 0 heterocycles. The number of nitrogens with zero attached hydrogens (tertiary/aromatic N) is 2. The summed E-state index contributed by atoms with van der Waals surface area (Å²) in [6.45, 7) is 2.63. The van der Waals surface area contributed by atoms with E-state index < -0.39 is 10.8 Å². The van der Waals surface area contributed by atoms with E-state index in [1.165, 1.54) is 25.5 Å². The molecule has 1 N–H and O–H groups in total. The molecule has 0 fully saturated rings. The third kappa shape index (κ3) is 6.46. The number of nitro groups is 1. The van der Waals surface area contributed by atoms with Crippen molar-refractivity contribution in [1.82, 2.24) is 5.43 Å². The van der Waals surface area contributed by atoms with Gasteiger partial charge in [-0.3, -0.25) is 14.9 Å². The highest BCUT2D eigenvalue weighted by Crippen LogP contribution is 2.29. The number of carbonyl (C=O) groups excluding carboxylic acids is 1. The summed E-state index contributed by atoms with van der Waals surface area (Å²) in [6.07, 6.45) is 1.42. The molecule has 0 unspecified atom stereocenters. The molecule has 0 saturated heterocycles. The Morgan fingerprint density at radius 1 is 1.06 bits per heavy atom. The molecule has 0 spiro atoms. The fraction of sp³-hybridized carbons (Fsp3) is 0.167. The molecule has 0 aliphatic rings. The Hall–Kier alpha value is -4.11. The van der Waals surface area contributed by atoms with Gasteiger partial charge >= 0.3 is 0 Å². The van der Waals surface area contributed by atoms with E-state index in [2.05, 4.69) is 10.5 Å². The van der Waals surface area contributed by atoms with Gasteiger partial charge in [0, 0.05) is 17.2 Å². The fourth-order valence-corrected chi connectivity index (χ4v) is 3.07. The number of benzene rings is 3. The monoisotopic (exact) mass is 483 g/mol. The summed E-state index contributed by atoms with van der Waals surface area (Å²) in [5, 5.41) is 15.6. The number of hydrogen-bond acceptors (Lipinski definition) is 7. The van der Waals surface area contributed by atoms with Crippen molar-refractivity contribution in [3.8, 4) is 17.2 Å². The van der Waals surface area contributed by atoms with Crippen LogP contribution in [0.5, 0.6) is 17.2 Å². The zero-order valence-corrected chi connectivity index (χ0v) is 19.2. The molecule has 0 aliphatic carbocycles. The second kappa shape index (κ2) is 11.7. The Kier molecular flexibility index (Phi) is 8.42. The topological polar surface area (TPSA) is 112 Å². The van der Waals surface area contributed by atoms with E-state index in [0.29, 0.717) is 35.3 Å². The highest BCUT2D eigenvalue weighted by molar-refractivity contribution is 6.30. The number of rotatable bonds is 10. The summed E-state index contributed by atoms with van der Waals surface area (Å²) in [6, 6.07) is 16.3. The summed E-state index contributed by atoms with van der Waals surface area (Å²) >= 11 is 5.91. The molecule has 9 nitrogen and oxygen atoms in total. The summed E-state index contributed by atoms with van der Waals surface area (Å²) in [7, 11) is 1.37. The Balaban J connectivity index is 1.70. The molecular weight excluding hydrogens is 462 g/mol. The number of nitro benzene ring substituents is 1. The van der Waals surface area contributed by atoms with Crippen LogP contribution >= 0.6 is 11.6 Å². The van der Waals surface area contributed by atoms with Crippen LogP contribution in [0.2, 0.25) is 5.02 Å². The predicted molar refractivity (Wildman–Crippen MR) is 128 cm³/mol. The molecule has 0 bridgehead atoms. The van der Waals surface area contributed by atoms with Crippen molar-refractivity contribution >= 4 is 29.4 Å². The maximum Gasteiger partial charge on any atom is 0.275 e. The maximum absolute atomic E-state index is 12.5. The summed E-state index contributed by atoms with van der Waals surface area (Å²) in [5.74, 6) is 0.621. The third-order valence-electron chi connectivity index (χ3n) is 4.59. The van der Waals surface area contributed by atoms with Gasteiger partial charge in [-0.2, -0.15) is 5.10 Å². The van der Waals surface area contributed by atoms with Gasteiger partial charge in [0.1, 0.15) is 12.4 Å². The van der Waals surface area contributed by atoms with Crippen LogP contribution in [-0.4, -0.2) is 30.8 Å². The zero-order chi connectivity index (χ0) is 24.5. The Bertz CT molecular complexity index is 1200. The van der Waals surface area contributed by atoms with Crippen LogP contribution in [0.1, 0.15) is 28.4 Å². The molecule has 0 saturated carbocycles. The van der Waals surface area contributed by atoms with Crippen molar-refractivity contribution in [2.75, 3.05) is 13.7 Å². The van der Waals surface area contributed by atoms with E-state index in [-0.39, 0.29) is 17.0 Å². The standard InChI is InChI=1S/C24H22ClN3O6/c1-3-33-23-12-17(6-10-22(23)34-15-16-4-7-18(25)8-5-16)14-26-27-24(29)20-13-19(28(30)31)9-11-21(20)32-2/h4-14H,3,15H2,1-2H3,(H,27,29)/b26-14-. The van der Waals surface area contributed by atoms with Crippen LogP contribution in [0.25, 0.3) is 0 Å². The van der Waals surface area contributed by atoms with Crippen molar-refractivity contribution in [2.45, 2.75) is 13.5 Å². The van der Waals surface area contributed by atoms with Gasteiger partial charge in [0.25, 0.3) is 11.6 Å². The highest BCUT2D eigenvalue weighted by Gasteiger charge is 2.17. The smallest absolute Gasteiger partial charge is 0.275 e. The van der Waals surface area contributed by atoms with Crippen molar-refractivity contribution in [1.29, 1.82) is 0 Å². The Labute approximate surface area is 201 Å². The molecule has 0 radical (unpaired) electrons. The second-order valence-corrected chi connectivity index (χ2v) is 7.33. The van der Waals surface area contributed by atoms with Crippen LogP contribution < -0.4 is 19.6 Å². The number of nitrogens with one attached hydrogen (secondary N) is 1. The van der Waals surface area contributed by atoms with Crippen LogP contribution in [0.3, 0.4) is 0 Å². The Morgan fingerprint density at radius 3 is 2.47 bits per heavy atom. The van der Waals surface area contributed by atoms with E-state index in [0.717, 1.165) is 11.6 Å². The van der Waals surface area contributed by atoms with Crippen LogP contribution in [0.15, 0.2) is 65.8 Å². The van der Waals surface area contributed by atoms with Crippen LogP contribution in [0, 0.1) is 10.1 Å². The van der Waals surface area contributed by atoms with E-state index in [1.807, 2.05) is 19.1 Å². The lowest BCUT2D eigenvalue weighted by atomic mass is 10.1. The van der Waals surface area contributed by atoms with Crippen LogP contribution in [0.4, 0.5) is 5.69 Å². The van der Waals surface area contributed by atoms with Gasteiger partial charge in [-0.25, -0.2) is 5.43 Å². The van der Waals surface area contributed by atoms with Gasteiger partial charge in [-0.15, -0.1) is 0 Å². The molecule has 3 rings (SSSR count). The molecule has 0 atom stereocenters. The number of hydrazone groups is 1. The lowest BCUT2D eigenvalue weighted by molar-refractivity contribution is -0.384. The quantitative estimate of drug-likeness (QED) is 0.247. The number of hydrogen-bond donors (Lipinski definition) is 1. The molecule has 176 valence electrons. The summed E-state index contributed by atoms with van der Waals surface area (Å²) < 4.78 is 16.7. The number of non-ortho nitro benzene ring substituents is 1. The lowest BCUT2D eigenvalue weighted by Crippen LogP contribution is -2.18. The van der Waals surface area contributed by atoms with Crippen molar-refractivity contribution in [2.24, 2.45) is 5.10 Å². The number of halogens is 1. The number of amides is 1. The van der Waals surface area contributed by atoms with E-state index in [1.54, 1.807) is 30.3 Å². The van der Waals surface area contributed by atoms with E-state index >= 15 is 0 Å². The normalized spacial score (nSPS) is 10.7. The SMILES string of the molecule is CCOc1cc(/C=N\NC(=O)c2cc([N+](=O)[O-])ccc2OC)ccc1OCc1ccc(Cl)cc1. The largest absolute Gasteiger partial charge is 0.496 e. The first kappa shape index (κ1) is 24.5. The number of ether oxygens (including phenoxy) is 3.